The van der Waals surface area contributed by atoms with Crippen LogP contribution in [-0.4, -0.2) is 62.5 Å². The third kappa shape index (κ3) is 4.63. The van der Waals surface area contributed by atoms with E-state index < -0.39 is 16.1 Å². The zero-order valence-electron chi connectivity index (χ0n) is 22.5. The minimum absolute atomic E-state index is 0.118. The second-order valence-electron chi connectivity index (χ2n) is 10.3. The Kier molecular flexibility index (Phi) is 6.57. The molecule has 41 heavy (non-hydrogen) atoms. The van der Waals surface area contributed by atoms with Gasteiger partial charge in [-0.2, -0.15) is 10.4 Å². The van der Waals surface area contributed by atoms with Gasteiger partial charge in [0.05, 0.1) is 28.5 Å². The van der Waals surface area contributed by atoms with Gasteiger partial charge < -0.3 is 15.7 Å². The smallest absolute Gasteiger partial charge is 0.269 e. The number of hydrogen-bond donors (Lipinski definition) is 2. The average molecular weight is 569 g/mol. The molecule has 1 aliphatic heterocycles. The first-order chi connectivity index (χ1) is 19.7. The molecule has 0 unspecified atom stereocenters. The second-order valence-corrected chi connectivity index (χ2v) is 12.1. The van der Waals surface area contributed by atoms with Crippen LogP contribution in [0.3, 0.4) is 0 Å². The summed E-state index contributed by atoms with van der Waals surface area (Å²) in [4.78, 5) is 11.2. The van der Waals surface area contributed by atoms with E-state index in [2.05, 4.69) is 21.1 Å². The van der Waals surface area contributed by atoms with Gasteiger partial charge in [-0.25, -0.2) is 22.4 Å². The maximum absolute atomic E-state index is 14.1. The topological polar surface area (TPSA) is 156 Å². The van der Waals surface area contributed by atoms with E-state index in [9.17, 15) is 18.8 Å². The lowest BCUT2D eigenvalue weighted by Gasteiger charge is -2.34. The van der Waals surface area contributed by atoms with Crippen LogP contribution in [0.15, 0.2) is 72.1 Å². The molecule has 5 aromatic rings. The van der Waals surface area contributed by atoms with Gasteiger partial charge in [0, 0.05) is 66.8 Å². The van der Waals surface area contributed by atoms with E-state index in [0.717, 1.165) is 5.56 Å². The number of hydrogen-bond acceptors (Lipinski definition) is 9. The molecule has 208 valence electrons. The molecule has 0 spiro atoms. The van der Waals surface area contributed by atoms with Crippen molar-refractivity contribution in [1.82, 2.24) is 23.7 Å². The number of aromatic nitrogens is 5. The maximum Gasteiger partial charge on any atom is 0.269 e. The van der Waals surface area contributed by atoms with Gasteiger partial charge in [-0.15, -0.1) is 0 Å². The number of fused-ring (bicyclic) bond motifs is 1. The van der Waals surface area contributed by atoms with Gasteiger partial charge in [0.15, 0.2) is 5.65 Å². The number of aryl methyl sites for hydroxylation is 2. The highest BCUT2D eigenvalue weighted by molar-refractivity contribution is 7.90. The lowest BCUT2D eigenvalue weighted by molar-refractivity contribution is 0.131. The molecule has 0 bridgehead atoms. The predicted octanol–water partition coefficient (Wildman–Crippen LogP) is 2.81. The Morgan fingerprint density at radius 3 is 2.49 bits per heavy atom. The summed E-state index contributed by atoms with van der Waals surface area (Å²) in [5.41, 5.74) is 9.49. The van der Waals surface area contributed by atoms with Crippen molar-refractivity contribution in [3.8, 4) is 28.5 Å². The Balaban J connectivity index is 1.54. The van der Waals surface area contributed by atoms with Crippen molar-refractivity contribution in [3.63, 3.8) is 0 Å². The van der Waals surface area contributed by atoms with Gasteiger partial charge in [-0.05, 0) is 43.7 Å². The Bertz CT molecular complexity index is 1900. The number of aliphatic hydroxyl groups is 1. The van der Waals surface area contributed by atoms with Crippen LogP contribution in [0.1, 0.15) is 17.5 Å². The lowest BCUT2D eigenvalue weighted by atomic mass is 10.00. The lowest BCUT2D eigenvalue weighted by Crippen LogP contribution is -2.50. The molecule has 6 rings (SSSR count). The first-order valence-electron chi connectivity index (χ1n) is 13.1. The van der Waals surface area contributed by atoms with Gasteiger partial charge in [-0.1, -0.05) is 17.7 Å². The van der Waals surface area contributed by atoms with Gasteiger partial charge in [-0.3, -0.25) is 4.68 Å². The summed E-state index contributed by atoms with van der Waals surface area (Å²) >= 11 is 0. The van der Waals surface area contributed by atoms with Crippen molar-refractivity contribution >= 4 is 26.9 Å². The fourth-order valence-corrected chi connectivity index (χ4v) is 6.69. The summed E-state index contributed by atoms with van der Waals surface area (Å²) in [5, 5.41) is 25.0. The van der Waals surface area contributed by atoms with E-state index >= 15 is 0 Å². The molecule has 1 fully saturated rings. The van der Waals surface area contributed by atoms with Gasteiger partial charge in [0.1, 0.15) is 11.9 Å². The SMILES string of the molecule is Cc1ccc(S(=O)(=O)n2c(-c3cnn(C)c3)cc3c(-c4ccc(N5CC[C@H](N)[C@@H](O)C5)nc4)c(C#N)cnc32)cc1. The summed E-state index contributed by atoms with van der Waals surface area (Å²) < 4.78 is 31.0. The largest absolute Gasteiger partial charge is 0.390 e. The molecule has 1 aromatic carbocycles. The summed E-state index contributed by atoms with van der Waals surface area (Å²) in [7, 11) is -2.33. The van der Waals surface area contributed by atoms with Crippen LogP contribution in [-0.2, 0) is 17.1 Å². The van der Waals surface area contributed by atoms with E-state index in [1.165, 1.54) is 10.2 Å². The van der Waals surface area contributed by atoms with Crippen molar-refractivity contribution in [2.75, 3.05) is 18.0 Å². The predicted molar refractivity (Wildman–Crippen MR) is 154 cm³/mol. The molecule has 0 saturated carbocycles. The molecular formula is C29H28N8O3S. The number of rotatable bonds is 5. The molecule has 11 nitrogen and oxygen atoms in total. The van der Waals surface area contributed by atoms with Crippen LogP contribution >= 0.6 is 0 Å². The zero-order valence-corrected chi connectivity index (χ0v) is 23.3. The summed E-state index contributed by atoms with van der Waals surface area (Å²) in [6, 6.07) is 14.0. The summed E-state index contributed by atoms with van der Waals surface area (Å²) in [6.07, 6.45) is 6.37. The molecule has 12 heteroatoms. The van der Waals surface area contributed by atoms with E-state index in [1.54, 1.807) is 60.7 Å². The molecule has 0 amide bonds. The van der Waals surface area contributed by atoms with Crippen LogP contribution in [0, 0.1) is 18.3 Å². The van der Waals surface area contributed by atoms with Crippen LogP contribution in [0.5, 0.6) is 0 Å². The van der Waals surface area contributed by atoms with Crippen LogP contribution in [0.2, 0.25) is 0 Å². The quantitative estimate of drug-likeness (QED) is 0.325. The molecule has 0 radical (unpaired) electrons. The Labute approximate surface area is 237 Å². The van der Waals surface area contributed by atoms with Crippen molar-refractivity contribution < 1.29 is 13.5 Å². The highest BCUT2D eigenvalue weighted by Gasteiger charge is 2.29. The number of nitrogens with two attached hydrogens (primary N) is 1. The molecule has 5 heterocycles. The van der Waals surface area contributed by atoms with Crippen LogP contribution < -0.4 is 10.6 Å². The number of benzene rings is 1. The van der Waals surface area contributed by atoms with Crippen molar-refractivity contribution in [1.29, 1.82) is 5.26 Å². The van der Waals surface area contributed by atoms with Crippen molar-refractivity contribution in [2.24, 2.45) is 12.8 Å². The molecule has 1 aliphatic rings. The highest BCUT2D eigenvalue weighted by Crippen LogP contribution is 2.38. The second kappa shape index (κ2) is 10.1. The molecule has 1 saturated heterocycles. The van der Waals surface area contributed by atoms with Gasteiger partial charge in [0.2, 0.25) is 0 Å². The Morgan fingerprint density at radius 2 is 1.85 bits per heavy atom. The van der Waals surface area contributed by atoms with E-state index in [0.29, 0.717) is 53.1 Å². The van der Waals surface area contributed by atoms with E-state index in [-0.39, 0.29) is 22.1 Å². The monoisotopic (exact) mass is 568 g/mol. The first kappa shape index (κ1) is 26.6. The number of pyridine rings is 2. The highest BCUT2D eigenvalue weighted by atomic mass is 32.2. The molecular weight excluding hydrogens is 540 g/mol. The number of anilines is 1. The van der Waals surface area contributed by atoms with Crippen molar-refractivity contribution in [2.45, 2.75) is 30.4 Å². The number of piperidine rings is 1. The Hall–Kier alpha value is -4.57. The third-order valence-corrected chi connectivity index (χ3v) is 9.18. The van der Waals surface area contributed by atoms with Gasteiger partial charge >= 0.3 is 0 Å². The molecule has 3 N–H and O–H groups in total. The number of nitrogens with zero attached hydrogens (tertiary/aromatic N) is 7. The fourth-order valence-electron chi connectivity index (χ4n) is 5.21. The number of nitriles is 1. The maximum atomic E-state index is 14.1. The average Bonchev–Trinajstić information content (AvgIpc) is 3.58. The number of β-amino-alcohol motifs (C(OH)–C–C–N with tert-alkyl or cyclic N) is 1. The summed E-state index contributed by atoms with van der Waals surface area (Å²) in [6.45, 7) is 2.94. The first-order valence-corrected chi connectivity index (χ1v) is 14.5. The molecule has 0 aliphatic carbocycles. The van der Waals surface area contributed by atoms with E-state index in [4.69, 9.17) is 5.73 Å². The van der Waals surface area contributed by atoms with Gasteiger partial charge in [0.25, 0.3) is 10.0 Å². The Morgan fingerprint density at radius 1 is 1.07 bits per heavy atom. The molecule has 4 aromatic heterocycles. The fraction of sp³-hybridized carbons (Fsp3) is 0.241. The minimum Gasteiger partial charge on any atom is -0.390 e. The number of aliphatic hydroxyl groups excluding tert-OH is 1. The standard InChI is InChI=1S/C29H28N8O3S/c1-18-3-6-22(7-4-18)41(39,40)37-25(21-15-34-35(2)16-21)11-23-28(20(12-30)14-33-29(23)37)19-5-8-27(32-13-19)36-10-9-24(31)26(38)17-36/h3-8,11,13-16,24,26,38H,9-10,17,31H2,1-2H3/t24-,26-/m0/s1. The van der Waals surface area contributed by atoms with Crippen LogP contribution in [0.25, 0.3) is 33.4 Å². The normalized spacial score (nSPS) is 17.6. The van der Waals surface area contributed by atoms with E-state index in [1.807, 2.05) is 24.0 Å². The summed E-state index contributed by atoms with van der Waals surface area (Å²) in [5.74, 6) is 0.680. The van der Waals surface area contributed by atoms with Crippen LogP contribution in [0.4, 0.5) is 5.82 Å². The zero-order chi connectivity index (χ0) is 28.9. The van der Waals surface area contributed by atoms with Crippen molar-refractivity contribution in [3.05, 3.63) is 78.4 Å². The third-order valence-electron chi connectivity index (χ3n) is 7.46. The minimum atomic E-state index is -4.08. The molecule has 2 atom stereocenters.